The summed E-state index contributed by atoms with van der Waals surface area (Å²) in [5.41, 5.74) is 2.41. The molecule has 162 valence electrons. The van der Waals surface area contributed by atoms with Gasteiger partial charge in [0, 0.05) is 29.7 Å². The maximum atomic E-state index is 13.1. The number of hydrogen-bond donors (Lipinski definition) is 1. The first-order valence-electron chi connectivity index (χ1n) is 10.1. The van der Waals surface area contributed by atoms with Crippen molar-refractivity contribution in [1.29, 1.82) is 0 Å². The summed E-state index contributed by atoms with van der Waals surface area (Å²) in [5.74, 6) is -0.0667. The molecule has 4 rings (SSSR count). The van der Waals surface area contributed by atoms with Crippen LogP contribution < -0.4 is 9.64 Å². The zero-order chi connectivity index (χ0) is 21.8. The molecule has 2 heterocycles. The number of hydrogen-bond acceptors (Lipinski definition) is 6. The van der Waals surface area contributed by atoms with Gasteiger partial charge in [-0.25, -0.2) is 9.18 Å². The zero-order valence-electron chi connectivity index (χ0n) is 17.5. The van der Waals surface area contributed by atoms with Gasteiger partial charge < -0.3 is 19.4 Å². The van der Waals surface area contributed by atoms with Crippen LogP contribution in [0.25, 0.3) is 10.9 Å². The minimum atomic E-state index is -0.479. The first-order valence-corrected chi connectivity index (χ1v) is 10.1. The third-order valence-electron chi connectivity index (χ3n) is 5.18. The fraction of sp³-hybridized carbons (Fsp3) is 0.318. The van der Waals surface area contributed by atoms with Crippen molar-refractivity contribution in [3.05, 3.63) is 54.0 Å². The summed E-state index contributed by atoms with van der Waals surface area (Å²) >= 11 is 0. The van der Waals surface area contributed by atoms with Crippen LogP contribution in [-0.2, 0) is 4.74 Å². The van der Waals surface area contributed by atoms with E-state index < -0.39 is 5.97 Å². The molecule has 2 aromatic carbocycles. The predicted molar refractivity (Wildman–Crippen MR) is 116 cm³/mol. The number of anilines is 1. The zero-order valence-corrected chi connectivity index (χ0v) is 17.5. The maximum absolute atomic E-state index is 13.1. The summed E-state index contributed by atoms with van der Waals surface area (Å²) in [4.78, 5) is 17.7. The van der Waals surface area contributed by atoms with Gasteiger partial charge >= 0.3 is 5.97 Å². The molecule has 0 unspecified atom stereocenters. The summed E-state index contributed by atoms with van der Waals surface area (Å²) in [7, 11) is 1.59. The van der Waals surface area contributed by atoms with Crippen molar-refractivity contribution in [3.8, 4) is 5.75 Å². The molecule has 0 saturated carbocycles. The molecule has 0 amide bonds. The molecule has 1 aliphatic heterocycles. The summed E-state index contributed by atoms with van der Waals surface area (Å²) in [6, 6.07) is 11.9. The molecule has 0 atom stereocenters. The molecule has 9 heteroatoms. The summed E-state index contributed by atoms with van der Waals surface area (Å²) < 4.78 is 23.6. The van der Waals surface area contributed by atoms with Crippen molar-refractivity contribution >= 4 is 28.2 Å². The lowest BCUT2D eigenvalue weighted by molar-refractivity contribution is 0.0521. The largest absolute Gasteiger partial charge is 0.497 e. The third kappa shape index (κ3) is 4.45. The Balaban J connectivity index is 1.54. The lowest BCUT2D eigenvalue weighted by Gasteiger charge is -2.33. The number of nitrogens with one attached hydrogen (secondary N) is 1. The number of H-pyrrole nitrogens is 1. The molecule has 0 aliphatic carbocycles. The van der Waals surface area contributed by atoms with E-state index in [-0.39, 0.29) is 18.1 Å². The first-order chi connectivity index (χ1) is 15.1. The summed E-state index contributed by atoms with van der Waals surface area (Å²) in [5, 5.41) is 11.4. The number of aromatic amines is 1. The van der Waals surface area contributed by atoms with E-state index in [2.05, 4.69) is 20.2 Å². The van der Waals surface area contributed by atoms with Crippen LogP contribution in [0.1, 0.15) is 17.4 Å². The Kier molecular flexibility index (Phi) is 6.01. The Hall–Kier alpha value is -3.62. The molecule has 8 nitrogen and oxygen atoms in total. The fourth-order valence-corrected chi connectivity index (χ4v) is 3.54. The number of benzene rings is 2. The second-order valence-electron chi connectivity index (χ2n) is 7.09. The number of rotatable bonds is 6. The number of esters is 1. The van der Waals surface area contributed by atoms with Crippen LogP contribution in [0, 0.1) is 5.82 Å². The first kappa shape index (κ1) is 20.6. The molecule has 1 N–H and O–H groups in total. The van der Waals surface area contributed by atoms with Crippen molar-refractivity contribution in [1.82, 2.24) is 9.99 Å². The highest BCUT2D eigenvalue weighted by Crippen LogP contribution is 2.34. The van der Waals surface area contributed by atoms with Crippen LogP contribution in [-0.4, -0.2) is 55.9 Å². The lowest BCUT2D eigenvalue weighted by Crippen LogP contribution is -2.43. The number of nitrogens with zero attached hydrogens (tertiary/aromatic N) is 4. The Morgan fingerprint density at radius 2 is 1.87 bits per heavy atom. The highest BCUT2D eigenvalue weighted by atomic mass is 19.1. The standard InChI is InChI=1S/C22H24FN5O3/c1-3-31-22(29)21-20(18-14-17(30-2)8-9-19(18)24-21)25-26-28-12-10-27(11-13-28)16-6-4-15(23)5-7-16/h4-9,14,24H,3,10-13H2,1-2H3. The normalized spacial score (nSPS) is 14.4. The van der Waals surface area contributed by atoms with Gasteiger partial charge in [0.05, 0.1) is 26.8 Å². The van der Waals surface area contributed by atoms with Gasteiger partial charge in [-0.05, 0) is 49.4 Å². The van der Waals surface area contributed by atoms with Crippen molar-refractivity contribution in [3.63, 3.8) is 0 Å². The van der Waals surface area contributed by atoms with Crippen LogP contribution in [0.5, 0.6) is 5.75 Å². The maximum Gasteiger partial charge on any atom is 0.357 e. The van der Waals surface area contributed by atoms with Crippen LogP contribution in [0.2, 0.25) is 0 Å². The molecular weight excluding hydrogens is 401 g/mol. The second kappa shape index (κ2) is 9.03. The Labute approximate surface area is 179 Å². The molecule has 1 aliphatic rings. The van der Waals surface area contributed by atoms with Gasteiger partial charge in [-0.3, -0.25) is 5.01 Å². The molecule has 0 bridgehead atoms. The van der Waals surface area contributed by atoms with Gasteiger partial charge in [0.15, 0.2) is 5.69 Å². The Bertz CT molecular complexity index is 1090. The van der Waals surface area contributed by atoms with E-state index in [1.807, 2.05) is 23.2 Å². The van der Waals surface area contributed by atoms with Crippen LogP contribution >= 0.6 is 0 Å². The fourth-order valence-electron chi connectivity index (χ4n) is 3.54. The average Bonchev–Trinajstić information content (AvgIpc) is 3.16. The molecule has 1 aromatic heterocycles. The summed E-state index contributed by atoms with van der Waals surface area (Å²) in [6.45, 7) is 4.79. The van der Waals surface area contributed by atoms with Crippen molar-refractivity contribution < 1.29 is 18.7 Å². The molecular formula is C22H24FN5O3. The van der Waals surface area contributed by atoms with E-state index in [1.165, 1.54) is 12.1 Å². The van der Waals surface area contributed by atoms with Crippen molar-refractivity contribution in [2.45, 2.75) is 6.92 Å². The van der Waals surface area contributed by atoms with E-state index in [1.54, 1.807) is 26.2 Å². The Morgan fingerprint density at radius 1 is 1.13 bits per heavy atom. The molecule has 1 fully saturated rings. The van der Waals surface area contributed by atoms with E-state index in [4.69, 9.17) is 9.47 Å². The van der Waals surface area contributed by atoms with Gasteiger partial charge in [0.2, 0.25) is 0 Å². The van der Waals surface area contributed by atoms with Crippen molar-refractivity contribution in [2.24, 2.45) is 10.3 Å². The molecule has 0 spiro atoms. The monoisotopic (exact) mass is 425 g/mol. The number of methoxy groups -OCH3 is 1. The third-order valence-corrected chi connectivity index (χ3v) is 5.18. The molecule has 3 aromatic rings. The topological polar surface area (TPSA) is 82.5 Å². The molecule has 31 heavy (non-hydrogen) atoms. The average molecular weight is 425 g/mol. The van der Waals surface area contributed by atoms with Crippen LogP contribution in [0.3, 0.4) is 0 Å². The Morgan fingerprint density at radius 3 is 2.55 bits per heavy atom. The van der Waals surface area contributed by atoms with Gasteiger partial charge in [-0.15, -0.1) is 5.11 Å². The highest BCUT2D eigenvalue weighted by Gasteiger charge is 2.21. The van der Waals surface area contributed by atoms with Gasteiger partial charge in [0.25, 0.3) is 0 Å². The van der Waals surface area contributed by atoms with Crippen LogP contribution in [0.15, 0.2) is 52.8 Å². The quantitative estimate of drug-likeness (QED) is 0.470. The number of piperazine rings is 1. The number of carbonyl (C=O) groups excluding carboxylic acids is 1. The highest BCUT2D eigenvalue weighted by molar-refractivity contribution is 6.05. The van der Waals surface area contributed by atoms with E-state index >= 15 is 0 Å². The smallest absolute Gasteiger partial charge is 0.357 e. The number of halogens is 1. The number of ether oxygens (including phenoxy) is 2. The number of carbonyl (C=O) groups is 1. The van der Waals surface area contributed by atoms with Gasteiger partial charge in [0.1, 0.15) is 17.3 Å². The minimum absolute atomic E-state index is 0.246. The van der Waals surface area contributed by atoms with E-state index in [0.717, 1.165) is 29.7 Å². The van der Waals surface area contributed by atoms with Gasteiger partial charge in [-0.2, -0.15) is 0 Å². The second-order valence-corrected chi connectivity index (χ2v) is 7.09. The lowest BCUT2D eigenvalue weighted by atomic mass is 10.2. The van der Waals surface area contributed by atoms with Crippen LogP contribution in [0.4, 0.5) is 15.8 Å². The SMILES string of the molecule is CCOC(=O)c1[nH]c2ccc(OC)cc2c1N=NN1CCN(c2ccc(F)cc2)CC1. The van der Waals surface area contributed by atoms with Crippen molar-refractivity contribution in [2.75, 3.05) is 44.8 Å². The predicted octanol–water partition coefficient (Wildman–Crippen LogP) is 4.31. The van der Waals surface area contributed by atoms with E-state index in [9.17, 15) is 9.18 Å². The molecule has 0 radical (unpaired) electrons. The van der Waals surface area contributed by atoms with E-state index in [0.29, 0.717) is 24.5 Å². The molecule has 1 saturated heterocycles. The van der Waals surface area contributed by atoms with Gasteiger partial charge in [-0.1, -0.05) is 5.22 Å². The minimum Gasteiger partial charge on any atom is -0.497 e. The summed E-state index contributed by atoms with van der Waals surface area (Å²) in [6.07, 6.45) is 0. The number of aromatic nitrogens is 1. The number of fused-ring (bicyclic) bond motifs is 1.